The number of carbonyl (C=O) groups is 3. The molecule has 0 bridgehead atoms. The van der Waals surface area contributed by atoms with Crippen LogP contribution < -0.4 is 5.32 Å². The summed E-state index contributed by atoms with van der Waals surface area (Å²) in [6.45, 7) is 0.178. The van der Waals surface area contributed by atoms with Crippen molar-refractivity contribution in [2.75, 3.05) is 7.05 Å². The molecule has 0 aliphatic carbocycles. The number of phenols is 1. The average molecular weight is 276 g/mol. The Balaban J connectivity index is 2.29. The lowest BCUT2D eigenvalue weighted by Gasteiger charge is -2.25. The minimum absolute atomic E-state index is 0.0457. The van der Waals surface area contributed by atoms with Gasteiger partial charge in [0.1, 0.15) is 18.1 Å². The topological polar surface area (TPSA) is 86.7 Å². The maximum absolute atomic E-state index is 12.3. The Morgan fingerprint density at radius 3 is 2.90 bits per heavy atom. The summed E-state index contributed by atoms with van der Waals surface area (Å²) >= 11 is 0. The summed E-state index contributed by atoms with van der Waals surface area (Å²) in [6.07, 6.45) is 1.19. The van der Waals surface area contributed by atoms with E-state index in [0.717, 1.165) is 6.29 Å². The van der Waals surface area contributed by atoms with Gasteiger partial charge in [-0.1, -0.05) is 6.07 Å². The van der Waals surface area contributed by atoms with E-state index in [9.17, 15) is 19.5 Å². The summed E-state index contributed by atoms with van der Waals surface area (Å²) in [5, 5.41) is 12.3. The highest BCUT2D eigenvalue weighted by Gasteiger charge is 2.36. The Morgan fingerprint density at radius 1 is 1.55 bits per heavy atom. The van der Waals surface area contributed by atoms with E-state index in [1.54, 1.807) is 12.1 Å². The van der Waals surface area contributed by atoms with Crippen LogP contribution in [-0.4, -0.2) is 41.2 Å². The largest absolute Gasteiger partial charge is 0.508 e. The minimum atomic E-state index is -0.704. The van der Waals surface area contributed by atoms with E-state index < -0.39 is 6.04 Å². The van der Waals surface area contributed by atoms with Crippen LogP contribution in [0.25, 0.3) is 0 Å². The van der Waals surface area contributed by atoms with E-state index >= 15 is 0 Å². The summed E-state index contributed by atoms with van der Waals surface area (Å²) in [4.78, 5) is 36.1. The highest BCUT2D eigenvalue weighted by molar-refractivity contribution is 6.01. The predicted molar refractivity (Wildman–Crippen MR) is 71.1 cm³/mol. The molecule has 0 spiro atoms. The molecule has 0 fully saturated rings. The van der Waals surface area contributed by atoms with Gasteiger partial charge in [-0.25, -0.2) is 0 Å². The van der Waals surface area contributed by atoms with Crippen molar-refractivity contribution in [2.24, 2.45) is 0 Å². The third kappa shape index (κ3) is 2.36. The number of nitrogens with zero attached hydrogens (tertiary/aromatic N) is 1. The molecule has 1 unspecified atom stereocenters. The third-order valence-electron chi connectivity index (χ3n) is 3.45. The number of carbonyl (C=O) groups excluding carboxylic acids is 3. The predicted octanol–water partition coefficient (Wildman–Crippen LogP) is 0.442. The van der Waals surface area contributed by atoms with E-state index in [-0.39, 0.29) is 37.0 Å². The van der Waals surface area contributed by atoms with Crippen LogP contribution in [0.2, 0.25) is 0 Å². The van der Waals surface area contributed by atoms with Gasteiger partial charge in [0.25, 0.3) is 5.91 Å². The zero-order valence-corrected chi connectivity index (χ0v) is 11.1. The number of hydrogen-bond donors (Lipinski definition) is 2. The smallest absolute Gasteiger partial charge is 0.255 e. The molecule has 1 aliphatic rings. The van der Waals surface area contributed by atoms with Crippen molar-refractivity contribution in [3.8, 4) is 5.75 Å². The molecule has 1 atom stereocenters. The van der Waals surface area contributed by atoms with Gasteiger partial charge in [-0.15, -0.1) is 0 Å². The number of likely N-dealkylation sites (N-methyl/N-ethyl adjacent to an activating group) is 1. The van der Waals surface area contributed by atoms with Gasteiger partial charge >= 0.3 is 0 Å². The Labute approximate surface area is 116 Å². The molecule has 1 aromatic rings. The van der Waals surface area contributed by atoms with E-state index in [4.69, 9.17) is 0 Å². The number of phenolic OH excluding ortho intramolecular Hbond substituents is 1. The number of nitrogens with one attached hydrogen (secondary N) is 1. The van der Waals surface area contributed by atoms with Gasteiger partial charge in [0, 0.05) is 24.6 Å². The van der Waals surface area contributed by atoms with E-state index in [1.807, 2.05) is 0 Å². The standard InChI is InChI=1S/C14H16N2O4/c1-15-13(19)11(5-3-7-17)16-8-10-9(14(16)20)4-2-6-12(10)18/h2,4,6-7,11,18H,3,5,8H2,1H3,(H,15,19). The molecule has 1 aliphatic heterocycles. The Morgan fingerprint density at radius 2 is 2.30 bits per heavy atom. The fourth-order valence-electron chi connectivity index (χ4n) is 2.41. The molecule has 0 saturated carbocycles. The van der Waals surface area contributed by atoms with Gasteiger partial charge in [-0.3, -0.25) is 9.59 Å². The fraction of sp³-hybridized carbons (Fsp3) is 0.357. The fourth-order valence-corrected chi connectivity index (χ4v) is 2.41. The summed E-state index contributed by atoms with van der Waals surface area (Å²) in [7, 11) is 1.49. The highest BCUT2D eigenvalue weighted by Crippen LogP contribution is 2.31. The molecule has 1 aromatic carbocycles. The average Bonchev–Trinajstić information content (AvgIpc) is 2.78. The van der Waals surface area contributed by atoms with Crippen LogP contribution in [-0.2, 0) is 16.1 Å². The van der Waals surface area contributed by atoms with Gasteiger partial charge in [0.2, 0.25) is 5.91 Å². The van der Waals surface area contributed by atoms with Gasteiger partial charge < -0.3 is 20.1 Å². The molecule has 20 heavy (non-hydrogen) atoms. The van der Waals surface area contributed by atoms with Crippen LogP contribution in [0.3, 0.4) is 0 Å². The molecule has 6 nitrogen and oxygen atoms in total. The molecule has 0 saturated heterocycles. The van der Waals surface area contributed by atoms with Crippen LogP contribution in [0, 0.1) is 0 Å². The Kier molecular flexibility index (Phi) is 4.02. The monoisotopic (exact) mass is 276 g/mol. The molecule has 0 radical (unpaired) electrons. The SMILES string of the molecule is CNC(=O)C(CCC=O)N1Cc2c(O)cccc2C1=O. The van der Waals surface area contributed by atoms with Gasteiger partial charge in [-0.2, -0.15) is 0 Å². The molecule has 1 heterocycles. The van der Waals surface area contributed by atoms with Crippen molar-refractivity contribution >= 4 is 18.1 Å². The van der Waals surface area contributed by atoms with Crippen molar-refractivity contribution < 1.29 is 19.5 Å². The zero-order chi connectivity index (χ0) is 14.7. The van der Waals surface area contributed by atoms with Gasteiger partial charge in [0.05, 0.1) is 6.54 Å². The molecular formula is C14H16N2O4. The number of rotatable bonds is 5. The van der Waals surface area contributed by atoms with Gasteiger partial charge in [0.15, 0.2) is 0 Å². The molecule has 106 valence electrons. The molecule has 2 N–H and O–H groups in total. The lowest BCUT2D eigenvalue weighted by atomic mass is 10.1. The lowest BCUT2D eigenvalue weighted by Crippen LogP contribution is -2.46. The number of benzene rings is 1. The van der Waals surface area contributed by atoms with Crippen molar-refractivity contribution in [1.82, 2.24) is 10.2 Å². The molecule has 2 amide bonds. The van der Waals surface area contributed by atoms with Crippen molar-refractivity contribution in [3.05, 3.63) is 29.3 Å². The summed E-state index contributed by atoms with van der Waals surface area (Å²) in [5.74, 6) is -0.563. The number of amides is 2. The van der Waals surface area contributed by atoms with E-state index in [2.05, 4.69) is 5.32 Å². The second kappa shape index (κ2) is 5.73. The number of fused-ring (bicyclic) bond motifs is 1. The first-order chi connectivity index (χ1) is 9.60. The summed E-state index contributed by atoms with van der Waals surface area (Å²) in [5.41, 5.74) is 0.933. The lowest BCUT2D eigenvalue weighted by molar-refractivity contribution is -0.125. The second-order valence-corrected chi connectivity index (χ2v) is 4.61. The maximum atomic E-state index is 12.3. The second-order valence-electron chi connectivity index (χ2n) is 4.61. The van der Waals surface area contributed by atoms with Crippen LogP contribution >= 0.6 is 0 Å². The number of hydrogen-bond acceptors (Lipinski definition) is 4. The zero-order valence-electron chi connectivity index (χ0n) is 11.1. The molecule has 6 heteroatoms. The first-order valence-electron chi connectivity index (χ1n) is 6.37. The quantitative estimate of drug-likeness (QED) is 0.764. The van der Waals surface area contributed by atoms with Crippen LogP contribution in [0.5, 0.6) is 5.75 Å². The van der Waals surface area contributed by atoms with Crippen LogP contribution in [0.4, 0.5) is 0 Å². The third-order valence-corrected chi connectivity index (χ3v) is 3.45. The Hall–Kier alpha value is -2.37. The van der Waals surface area contributed by atoms with Crippen LogP contribution in [0.15, 0.2) is 18.2 Å². The molecule has 2 rings (SSSR count). The van der Waals surface area contributed by atoms with Crippen LogP contribution in [0.1, 0.15) is 28.8 Å². The first kappa shape index (κ1) is 14.0. The maximum Gasteiger partial charge on any atom is 0.255 e. The number of aldehydes is 1. The number of aromatic hydroxyl groups is 1. The normalized spacial score (nSPS) is 14.8. The van der Waals surface area contributed by atoms with Crippen molar-refractivity contribution in [2.45, 2.75) is 25.4 Å². The van der Waals surface area contributed by atoms with Crippen molar-refractivity contribution in [3.63, 3.8) is 0 Å². The van der Waals surface area contributed by atoms with E-state index in [0.29, 0.717) is 11.1 Å². The molecule has 0 aromatic heterocycles. The minimum Gasteiger partial charge on any atom is -0.508 e. The Bertz CT molecular complexity index is 556. The summed E-state index contributed by atoms with van der Waals surface area (Å²) in [6, 6.07) is 4.02. The summed E-state index contributed by atoms with van der Waals surface area (Å²) < 4.78 is 0. The van der Waals surface area contributed by atoms with Crippen molar-refractivity contribution in [1.29, 1.82) is 0 Å². The van der Waals surface area contributed by atoms with Gasteiger partial charge in [-0.05, 0) is 18.6 Å². The first-order valence-corrected chi connectivity index (χ1v) is 6.37. The molecular weight excluding hydrogens is 260 g/mol. The van der Waals surface area contributed by atoms with E-state index in [1.165, 1.54) is 18.0 Å². The highest BCUT2D eigenvalue weighted by atomic mass is 16.3.